The first-order chi connectivity index (χ1) is 9.75. The van der Waals surface area contributed by atoms with Gasteiger partial charge in [0.2, 0.25) is 0 Å². The second-order valence-electron chi connectivity index (χ2n) is 4.61. The molecule has 1 aromatic heterocycles. The molecule has 0 N–H and O–H groups in total. The molecule has 1 aliphatic rings. The van der Waals surface area contributed by atoms with Gasteiger partial charge in [-0.25, -0.2) is 0 Å². The molecule has 0 radical (unpaired) electrons. The largest absolute Gasteiger partial charge is 0.459 e. The van der Waals surface area contributed by atoms with Gasteiger partial charge in [0.05, 0.1) is 19.4 Å². The van der Waals surface area contributed by atoms with Gasteiger partial charge in [-0.2, -0.15) is 0 Å². The summed E-state index contributed by atoms with van der Waals surface area (Å²) in [6, 6.07) is 10.9. The van der Waals surface area contributed by atoms with Crippen molar-refractivity contribution in [2.45, 2.75) is 6.10 Å². The average Bonchev–Trinajstić information content (AvgIpc) is 3.01. The van der Waals surface area contributed by atoms with Gasteiger partial charge < -0.3 is 14.1 Å². The zero-order valence-electron chi connectivity index (χ0n) is 10.8. The van der Waals surface area contributed by atoms with Gasteiger partial charge >= 0.3 is 0 Å². The van der Waals surface area contributed by atoms with Crippen molar-refractivity contribution in [3.8, 4) is 0 Å². The zero-order valence-corrected chi connectivity index (χ0v) is 11.5. The van der Waals surface area contributed by atoms with E-state index in [4.69, 9.17) is 20.8 Å². The van der Waals surface area contributed by atoms with Crippen LogP contribution < -0.4 is 0 Å². The summed E-state index contributed by atoms with van der Waals surface area (Å²) in [7, 11) is 0. The minimum Gasteiger partial charge on any atom is -0.459 e. The lowest BCUT2D eigenvalue weighted by molar-refractivity contribution is -0.0237. The van der Waals surface area contributed by atoms with Crippen molar-refractivity contribution in [3.63, 3.8) is 0 Å². The number of hydrogen-bond donors (Lipinski definition) is 0. The van der Waals surface area contributed by atoms with E-state index in [2.05, 4.69) is 0 Å². The topological polar surface area (TPSA) is 42.7 Å². The van der Waals surface area contributed by atoms with Crippen LogP contribution in [0.5, 0.6) is 0 Å². The molecule has 1 fully saturated rings. The molecule has 104 valence electrons. The Labute approximate surface area is 121 Å². The molecule has 2 heterocycles. The third-order valence-corrected chi connectivity index (χ3v) is 3.68. The average molecular weight is 292 g/mol. The Hall–Kier alpha value is -1.78. The van der Waals surface area contributed by atoms with Crippen LogP contribution in [0, 0.1) is 0 Å². The lowest BCUT2D eigenvalue weighted by Crippen LogP contribution is -2.42. The predicted octanol–water partition coefficient (Wildman–Crippen LogP) is 3.15. The Balaban J connectivity index is 1.77. The van der Waals surface area contributed by atoms with Crippen molar-refractivity contribution in [3.05, 3.63) is 59.0 Å². The molecule has 1 amide bonds. The number of carbonyl (C=O) groups excluding carboxylic acids is 1. The molecule has 1 saturated heterocycles. The van der Waals surface area contributed by atoms with Gasteiger partial charge in [0, 0.05) is 17.1 Å². The highest BCUT2D eigenvalue weighted by Crippen LogP contribution is 2.28. The van der Waals surface area contributed by atoms with Gasteiger partial charge in [0.15, 0.2) is 5.76 Å². The molecule has 20 heavy (non-hydrogen) atoms. The van der Waals surface area contributed by atoms with Crippen molar-refractivity contribution in [1.29, 1.82) is 0 Å². The number of nitrogens with zero attached hydrogens (tertiary/aromatic N) is 1. The van der Waals surface area contributed by atoms with Crippen LogP contribution in [-0.2, 0) is 4.74 Å². The Morgan fingerprint density at radius 2 is 2.10 bits per heavy atom. The standard InChI is InChI=1S/C15H14ClNO3/c16-12-5-2-1-4-11(12)14-10-17(7-9-20-14)15(18)13-6-3-8-19-13/h1-6,8,14H,7,9-10H2. The molecule has 1 atom stereocenters. The molecule has 0 bridgehead atoms. The molecule has 1 unspecified atom stereocenters. The lowest BCUT2D eigenvalue weighted by Gasteiger charge is -2.33. The van der Waals surface area contributed by atoms with Gasteiger partial charge in [0.25, 0.3) is 5.91 Å². The Kier molecular flexibility index (Phi) is 3.76. The van der Waals surface area contributed by atoms with Crippen molar-refractivity contribution >= 4 is 17.5 Å². The third-order valence-electron chi connectivity index (χ3n) is 3.34. The fourth-order valence-electron chi connectivity index (χ4n) is 2.31. The van der Waals surface area contributed by atoms with E-state index in [1.54, 1.807) is 17.0 Å². The molecule has 3 rings (SSSR count). The molecule has 5 heteroatoms. The fourth-order valence-corrected chi connectivity index (χ4v) is 2.57. The first kappa shape index (κ1) is 13.2. The zero-order chi connectivity index (χ0) is 13.9. The summed E-state index contributed by atoms with van der Waals surface area (Å²) in [5.74, 6) is 0.236. The summed E-state index contributed by atoms with van der Waals surface area (Å²) in [5.41, 5.74) is 0.908. The summed E-state index contributed by atoms with van der Waals surface area (Å²) >= 11 is 6.18. The fraction of sp³-hybridized carbons (Fsp3) is 0.267. The van der Waals surface area contributed by atoms with Gasteiger partial charge in [0.1, 0.15) is 6.10 Å². The van der Waals surface area contributed by atoms with E-state index in [0.717, 1.165) is 5.56 Å². The smallest absolute Gasteiger partial charge is 0.289 e. The SMILES string of the molecule is O=C(c1ccco1)N1CCOC(c2ccccc2Cl)C1. The van der Waals surface area contributed by atoms with E-state index in [-0.39, 0.29) is 12.0 Å². The van der Waals surface area contributed by atoms with E-state index in [1.165, 1.54) is 6.26 Å². The van der Waals surface area contributed by atoms with Crippen LogP contribution in [0.3, 0.4) is 0 Å². The maximum atomic E-state index is 12.3. The number of hydrogen-bond acceptors (Lipinski definition) is 3. The number of ether oxygens (including phenoxy) is 1. The first-order valence-corrected chi connectivity index (χ1v) is 6.82. The van der Waals surface area contributed by atoms with E-state index in [9.17, 15) is 4.79 Å². The molecular formula is C15H14ClNO3. The van der Waals surface area contributed by atoms with Gasteiger partial charge in [-0.05, 0) is 18.2 Å². The van der Waals surface area contributed by atoms with Crippen LogP contribution >= 0.6 is 11.6 Å². The van der Waals surface area contributed by atoms with E-state index in [0.29, 0.717) is 30.5 Å². The molecule has 1 aromatic carbocycles. The summed E-state index contributed by atoms with van der Waals surface area (Å²) in [5, 5.41) is 0.657. The highest BCUT2D eigenvalue weighted by molar-refractivity contribution is 6.31. The summed E-state index contributed by atoms with van der Waals surface area (Å²) in [4.78, 5) is 14.0. The minimum absolute atomic E-state index is 0.115. The second kappa shape index (κ2) is 5.69. The summed E-state index contributed by atoms with van der Waals surface area (Å²) in [6.45, 7) is 1.52. The maximum Gasteiger partial charge on any atom is 0.289 e. The number of morpholine rings is 1. The maximum absolute atomic E-state index is 12.3. The van der Waals surface area contributed by atoms with Crippen molar-refractivity contribution in [2.24, 2.45) is 0 Å². The van der Waals surface area contributed by atoms with Crippen LogP contribution in [0.25, 0.3) is 0 Å². The molecular weight excluding hydrogens is 278 g/mol. The number of rotatable bonds is 2. The number of amides is 1. The second-order valence-corrected chi connectivity index (χ2v) is 5.02. The summed E-state index contributed by atoms with van der Waals surface area (Å²) < 4.78 is 10.9. The monoisotopic (exact) mass is 291 g/mol. The highest BCUT2D eigenvalue weighted by Gasteiger charge is 2.28. The molecule has 0 spiro atoms. The highest BCUT2D eigenvalue weighted by atomic mass is 35.5. The summed E-state index contributed by atoms with van der Waals surface area (Å²) in [6.07, 6.45) is 1.30. The van der Waals surface area contributed by atoms with E-state index in [1.807, 2.05) is 24.3 Å². The van der Waals surface area contributed by atoms with E-state index < -0.39 is 0 Å². The molecule has 4 nitrogen and oxygen atoms in total. The minimum atomic E-state index is -0.198. The number of benzene rings is 1. The van der Waals surface area contributed by atoms with Crippen LogP contribution in [0.2, 0.25) is 5.02 Å². The Morgan fingerprint density at radius 1 is 1.25 bits per heavy atom. The Bertz CT molecular complexity index is 597. The number of carbonyl (C=O) groups is 1. The number of halogens is 1. The third kappa shape index (κ3) is 2.57. The van der Waals surface area contributed by atoms with Gasteiger partial charge in [-0.3, -0.25) is 4.79 Å². The molecule has 1 aliphatic heterocycles. The first-order valence-electron chi connectivity index (χ1n) is 6.44. The normalized spacial score (nSPS) is 19.1. The quantitative estimate of drug-likeness (QED) is 0.853. The lowest BCUT2D eigenvalue weighted by atomic mass is 10.1. The van der Waals surface area contributed by atoms with Gasteiger partial charge in [-0.1, -0.05) is 29.8 Å². The van der Waals surface area contributed by atoms with Gasteiger partial charge in [-0.15, -0.1) is 0 Å². The van der Waals surface area contributed by atoms with Crippen molar-refractivity contribution in [2.75, 3.05) is 19.7 Å². The Morgan fingerprint density at radius 3 is 2.85 bits per heavy atom. The van der Waals surface area contributed by atoms with Crippen LogP contribution in [0.1, 0.15) is 22.2 Å². The van der Waals surface area contributed by atoms with Crippen LogP contribution in [-0.4, -0.2) is 30.5 Å². The van der Waals surface area contributed by atoms with Crippen LogP contribution in [0.4, 0.5) is 0 Å². The van der Waals surface area contributed by atoms with E-state index >= 15 is 0 Å². The van der Waals surface area contributed by atoms with Crippen molar-refractivity contribution < 1.29 is 13.9 Å². The predicted molar refractivity (Wildman–Crippen MR) is 74.8 cm³/mol. The van der Waals surface area contributed by atoms with Crippen LogP contribution in [0.15, 0.2) is 47.1 Å². The molecule has 0 aliphatic carbocycles. The van der Waals surface area contributed by atoms with Crippen molar-refractivity contribution in [1.82, 2.24) is 4.90 Å². The number of furan rings is 1. The molecule has 0 saturated carbocycles. The molecule has 2 aromatic rings.